The molecule has 1 aromatic rings. The minimum atomic E-state index is -0.931. The minimum Gasteiger partial charge on any atom is -0.481 e. The Morgan fingerprint density at radius 2 is 2.04 bits per heavy atom. The highest BCUT2D eigenvalue weighted by Crippen LogP contribution is 2.42. The SMILES string of the molecule is CCc1cc(C(=O)N2CCC3(CC2)[C@@H](C(=O)O)CC(=O)N3C)ccn1. The van der Waals surface area contributed by atoms with E-state index in [1.54, 1.807) is 35.2 Å². The van der Waals surface area contributed by atoms with Crippen molar-refractivity contribution in [1.29, 1.82) is 0 Å². The fraction of sp³-hybridized carbons (Fsp3) is 0.556. The Morgan fingerprint density at radius 1 is 1.36 bits per heavy atom. The van der Waals surface area contributed by atoms with Gasteiger partial charge >= 0.3 is 5.97 Å². The van der Waals surface area contributed by atoms with E-state index in [4.69, 9.17) is 0 Å². The highest BCUT2D eigenvalue weighted by atomic mass is 16.4. The first kappa shape index (κ1) is 17.4. The van der Waals surface area contributed by atoms with E-state index < -0.39 is 17.4 Å². The molecule has 0 unspecified atom stereocenters. The summed E-state index contributed by atoms with van der Waals surface area (Å²) in [5.41, 5.74) is 0.798. The Hall–Kier alpha value is -2.44. The maximum atomic E-state index is 12.7. The first-order valence-corrected chi connectivity index (χ1v) is 8.62. The Bertz CT molecular complexity index is 710. The van der Waals surface area contributed by atoms with Crippen LogP contribution in [0.4, 0.5) is 0 Å². The van der Waals surface area contributed by atoms with Crippen molar-refractivity contribution >= 4 is 17.8 Å². The van der Waals surface area contributed by atoms with Crippen molar-refractivity contribution in [3.05, 3.63) is 29.6 Å². The van der Waals surface area contributed by atoms with Crippen LogP contribution in [0, 0.1) is 5.92 Å². The highest BCUT2D eigenvalue weighted by Gasteiger charge is 2.55. The Morgan fingerprint density at radius 3 is 2.64 bits per heavy atom. The number of likely N-dealkylation sites (tertiary alicyclic amines) is 2. The third kappa shape index (κ3) is 2.88. The number of hydrogen-bond acceptors (Lipinski definition) is 4. The van der Waals surface area contributed by atoms with Crippen molar-refractivity contribution in [3.63, 3.8) is 0 Å². The van der Waals surface area contributed by atoms with Crippen LogP contribution in [0.3, 0.4) is 0 Å². The van der Waals surface area contributed by atoms with Gasteiger partial charge in [0.05, 0.1) is 11.5 Å². The van der Waals surface area contributed by atoms with Crippen molar-refractivity contribution in [2.75, 3.05) is 20.1 Å². The second-order valence-corrected chi connectivity index (χ2v) is 6.83. The molecule has 2 saturated heterocycles. The van der Waals surface area contributed by atoms with Crippen LogP contribution >= 0.6 is 0 Å². The molecule has 1 aromatic heterocycles. The fourth-order valence-corrected chi connectivity index (χ4v) is 4.07. The number of hydrogen-bond donors (Lipinski definition) is 1. The lowest BCUT2D eigenvalue weighted by Gasteiger charge is -2.45. The number of pyridine rings is 1. The average Bonchev–Trinajstić information content (AvgIpc) is 2.87. The predicted octanol–water partition coefficient (Wildman–Crippen LogP) is 1.18. The average molecular weight is 345 g/mol. The van der Waals surface area contributed by atoms with Crippen LogP contribution in [-0.2, 0) is 16.0 Å². The third-order valence-electron chi connectivity index (χ3n) is 5.71. The van der Waals surface area contributed by atoms with Gasteiger partial charge in [0, 0.05) is 44.0 Å². The summed E-state index contributed by atoms with van der Waals surface area (Å²) in [6.45, 7) is 2.88. The second kappa shape index (κ2) is 6.46. The monoisotopic (exact) mass is 345 g/mol. The standard InChI is InChI=1S/C18H23N3O4/c1-3-13-10-12(4-7-19-13)16(23)21-8-5-18(6-9-21)14(17(24)25)11-15(22)20(18)2/h4,7,10,14H,3,5-6,8-9,11H2,1-2H3,(H,24,25)/t14-/m1/s1. The summed E-state index contributed by atoms with van der Waals surface area (Å²) in [5, 5.41) is 9.51. The molecule has 0 saturated carbocycles. The molecule has 0 aromatic carbocycles. The van der Waals surface area contributed by atoms with Gasteiger partial charge in [-0.1, -0.05) is 6.92 Å². The molecule has 1 N–H and O–H groups in total. The molecule has 0 aliphatic carbocycles. The molecule has 7 heteroatoms. The van der Waals surface area contributed by atoms with Crippen molar-refractivity contribution in [2.24, 2.45) is 5.92 Å². The molecule has 1 atom stereocenters. The van der Waals surface area contributed by atoms with E-state index in [0.29, 0.717) is 31.5 Å². The summed E-state index contributed by atoms with van der Waals surface area (Å²) in [7, 11) is 1.68. The first-order valence-electron chi connectivity index (χ1n) is 8.62. The topological polar surface area (TPSA) is 90.8 Å². The number of carboxylic acids is 1. The van der Waals surface area contributed by atoms with Crippen LogP contribution in [0.1, 0.15) is 42.2 Å². The van der Waals surface area contributed by atoms with Gasteiger partial charge in [-0.05, 0) is 31.4 Å². The summed E-state index contributed by atoms with van der Waals surface area (Å²) < 4.78 is 0. The summed E-state index contributed by atoms with van der Waals surface area (Å²) in [4.78, 5) is 43.9. The molecule has 134 valence electrons. The lowest BCUT2D eigenvalue weighted by molar-refractivity contribution is -0.145. The number of aliphatic carboxylic acids is 1. The fourth-order valence-electron chi connectivity index (χ4n) is 4.07. The van der Waals surface area contributed by atoms with E-state index in [1.165, 1.54) is 0 Å². The molecule has 0 bridgehead atoms. The molecular formula is C18H23N3O4. The number of nitrogens with zero attached hydrogens (tertiary/aromatic N) is 3. The first-order chi connectivity index (χ1) is 11.9. The molecule has 3 heterocycles. The second-order valence-electron chi connectivity index (χ2n) is 6.83. The van der Waals surface area contributed by atoms with Crippen molar-refractivity contribution in [3.8, 4) is 0 Å². The summed E-state index contributed by atoms with van der Waals surface area (Å²) in [5.74, 6) is -1.83. The quantitative estimate of drug-likeness (QED) is 0.888. The minimum absolute atomic E-state index is 0.0456. The predicted molar refractivity (Wildman–Crippen MR) is 90.0 cm³/mol. The molecule has 25 heavy (non-hydrogen) atoms. The molecule has 2 fully saturated rings. The van der Waals surface area contributed by atoms with Gasteiger partial charge in [-0.3, -0.25) is 19.4 Å². The number of amides is 2. The van der Waals surface area contributed by atoms with Crippen LogP contribution in [0.2, 0.25) is 0 Å². The lowest BCUT2D eigenvalue weighted by atomic mass is 9.77. The number of carbonyl (C=O) groups excluding carboxylic acids is 2. The molecule has 7 nitrogen and oxygen atoms in total. The summed E-state index contributed by atoms with van der Waals surface area (Å²) in [6.07, 6.45) is 3.43. The highest BCUT2D eigenvalue weighted by molar-refractivity contribution is 5.94. The van der Waals surface area contributed by atoms with Crippen LogP contribution in [0.15, 0.2) is 18.3 Å². The summed E-state index contributed by atoms with van der Waals surface area (Å²) in [6, 6.07) is 3.51. The van der Waals surface area contributed by atoms with Crippen molar-refractivity contribution < 1.29 is 19.5 Å². The number of rotatable bonds is 3. The number of carbonyl (C=O) groups is 3. The Labute approximate surface area is 146 Å². The van der Waals surface area contributed by atoms with Gasteiger partial charge in [-0.2, -0.15) is 0 Å². The molecular weight excluding hydrogens is 322 g/mol. The molecule has 1 spiro atoms. The maximum Gasteiger partial charge on any atom is 0.309 e. The number of aromatic nitrogens is 1. The van der Waals surface area contributed by atoms with Crippen LogP contribution < -0.4 is 0 Å². The zero-order valence-corrected chi connectivity index (χ0v) is 14.6. The molecule has 2 aliphatic heterocycles. The molecule has 0 radical (unpaired) electrons. The Balaban J connectivity index is 1.75. The van der Waals surface area contributed by atoms with E-state index in [2.05, 4.69) is 4.98 Å². The smallest absolute Gasteiger partial charge is 0.309 e. The van der Waals surface area contributed by atoms with Gasteiger partial charge in [0.15, 0.2) is 0 Å². The van der Waals surface area contributed by atoms with Gasteiger partial charge in [-0.25, -0.2) is 0 Å². The van der Waals surface area contributed by atoms with E-state index >= 15 is 0 Å². The van der Waals surface area contributed by atoms with E-state index in [-0.39, 0.29) is 18.2 Å². The van der Waals surface area contributed by atoms with Crippen LogP contribution in [-0.4, -0.2) is 63.4 Å². The molecule has 2 amide bonds. The number of piperidine rings is 1. The largest absolute Gasteiger partial charge is 0.481 e. The van der Waals surface area contributed by atoms with Gasteiger partial charge in [0.25, 0.3) is 5.91 Å². The van der Waals surface area contributed by atoms with Crippen LogP contribution in [0.25, 0.3) is 0 Å². The van der Waals surface area contributed by atoms with Gasteiger partial charge in [-0.15, -0.1) is 0 Å². The van der Waals surface area contributed by atoms with Gasteiger partial charge in [0.1, 0.15) is 0 Å². The maximum absolute atomic E-state index is 12.7. The normalized spacial score (nSPS) is 22.5. The summed E-state index contributed by atoms with van der Waals surface area (Å²) >= 11 is 0. The van der Waals surface area contributed by atoms with Crippen LogP contribution in [0.5, 0.6) is 0 Å². The lowest BCUT2D eigenvalue weighted by Crippen LogP contribution is -2.56. The van der Waals surface area contributed by atoms with E-state index in [1.807, 2.05) is 6.92 Å². The zero-order valence-electron chi connectivity index (χ0n) is 14.6. The molecule has 3 rings (SSSR count). The van der Waals surface area contributed by atoms with Gasteiger partial charge < -0.3 is 14.9 Å². The van der Waals surface area contributed by atoms with Gasteiger partial charge in [0.2, 0.25) is 5.91 Å². The Kier molecular flexibility index (Phi) is 4.49. The zero-order chi connectivity index (χ0) is 18.2. The molecule has 2 aliphatic rings. The van der Waals surface area contributed by atoms with Crippen molar-refractivity contribution in [2.45, 2.75) is 38.1 Å². The van der Waals surface area contributed by atoms with E-state index in [9.17, 15) is 19.5 Å². The van der Waals surface area contributed by atoms with E-state index in [0.717, 1.165) is 12.1 Å². The van der Waals surface area contributed by atoms with Crippen molar-refractivity contribution in [1.82, 2.24) is 14.8 Å². The third-order valence-corrected chi connectivity index (χ3v) is 5.71. The number of carboxylic acid groups (broad SMARTS) is 1. The number of aryl methyl sites for hydroxylation is 1.